The number of hydrogen-bond acceptors (Lipinski definition) is 5. The summed E-state index contributed by atoms with van der Waals surface area (Å²) in [7, 11) is 0. The lowest BCUT2D eigenvalue weighted by Gasteiger charge is -2.02. The van der Waals surface area contributed by atoms with Crippen molar-refractivity contribution in [3.63, 3.8) is 0 Å². The van der Waals surface area contributed by atoms with Crippen LogP contribution in [0.2, 0.25) is 0 Å². The molecule has 0 saturated carbocycles. The number of H-pyrrole nitrogens is 1. The van der Waals surface area contributed by atoms with Gasteiger partial charge in [-0.2, -0.15) is 27.2 Å². The monoisotopic (exact) mass is 230 g/mol. The van der Waals surface area contributed by atoms with E-state index < -0.39 is 0 Å². The Bertz CT molecular complexity index is 278. The molecule has 84 valence electrons. The zero-order valence-electron chi connectivity index (χ0n) is 8.27. The fourth-order valence-electron chi connectivity index (χ4n) is 0.907. The third-order valence-electron chi connectivity index (χ3n) is 1.63. The van der Waals surface area contributed by atoms with Crippen molar-refractivity contribution in [1.29, 1.82) is 0 Å². The molecule has 0 saturated heterocycles. The van der Waals surface area contributed by atoms with Crippen LogP contribution in [0.1, 0.15) is 16.9 Å². The van der Waals surface area contributed by atoms with Crippen LogP contribution in [0.15, 0.2) is 6.20 Å². The number of nitrogens with one attached hydrogen (secondary N) is 2. The van der Waals surface area contributed by atoms with E-state index in [1.54, 1.807) is 11.8 Å². The molecule has 0 aliphatic heterocycles. The Labute approximate surface area is 91.8 Å². The lowest BCUT2D eigenvalue weighted by atomic mass is 10.4. The number of rotatable bonds is 7. The molecule has 0 fully saturated rings. The van der Waals surface area contributed by atoms with Crippen LogP contribution < -0.4 is 5.32 Å². The lowest BCUT2D eigenvalue weighted by molar-refractivity contribution is 0.0951. The molecule has 1 rings (SSSR count). The number of aliphatic hydroxyl groups excluding tert-OH is 1. The summed E-state index contributed by atoms with van der Waals surface area (Å²) in [6.45, 7) is 0.820. The minimum Gasteiger partial charge on any atom is -0.396 e. The van der Waals surface area contributed by atoms with Gasteiger partial charge >= 0.3 is 0 Å². The summed E-state index contributed by atoms with van der Waals surface area (Å²) in [5.41, 5.74) is 0.301. The number of aromatic nitrogens is 3. The van der Waals surface area contributed by atoms with E-state index in [0.717, 1.165) is 17.9 Å². The van der Waals surface area contributed by atoms with Gasteiger partial charge < -0.3 is 10.4 Å². The van der Waals surface area contributed by atoms with E-state index >= 15 is 0 Å². The summed E-state index contributed by atoms with van der Waals surface area (Å²) in [6, 6.07) is 0. The zero-order chi connectivity index (χ0) is 10.9. The van der Waals surface area contributed by atoms with Gasteiger partial charge in [0.25, 0.3) is 5.91 Å². The van der Waals surface area contributed by atoms with Gasteiger partial charge in [0.05, 0.1) is 6.20 Å². The number of amides is 1. The predicted octanol–water partition coefficient (Wildman–Crippen LogP) is -0.350. The van der Waals surface area contributed by atoms with Crippen molar-refractivity contribution in [1.82, 2.24) is 20.7 Å². The van der Waals surface area contributed by atoms with E-state index in [1.165, 1.54) is 6.20 Å². The zero-order valence-corrected chi connectivity index (χ0v) is 9.09. The second-order valence-electron chi connectivity index (χ2n) is 2.80. The van der Waals surface area contributed by atoms with Gasteiger partial charge in [-0.25, -0.2) is 0 Å². The Morgan fingerprint density at radius 1 is 1.60 bits per heavy atom. The van der Waals surface area contributed by atoms with E-state index in [1.807, 2.05) is 0 Å². The predicted molar refractivity (Wildman–Crippen MR) is 57.7 cm³/mol. The number of nitrogens with zero attached hydrogens (tertiary/aromatic N) is 2. The molecule has 0 unspecified atom stereocenters. The van der Waals surface area contributed by atoms with Crippen molar-refractivity contribution in [2.45, 2.75) is 6.42 Å². The molecule has 1 aromatic rings. The van der Waals surface area contributed by atoms with Crippen LogP contribution in [0.5, 0.6) is 0 Å². The molecule has 0 aliphatic rings. The summed E-state index contributed by atoms with van der Waals surface area (Å²) in [6.07, 6.45) is 2.18. The quantitative estimate of drug-likeness (QED) is 0.557. The van der Waals surface area contributed by atoms with Gasteiger partial charge in [0.1, 0.15) is 0 Å². The molecule has 7 heteroatoms. The standard InChI is InChI=1S/C8H14N4O2S/c13-3-1-4-15-5-2-9-8(14)7-6-10-12-11-7/h6,13H,1-5H2,(H,9,14)(H,10,11,12). The van der Waals surface area contributed by atoms with E-state index in [0.29, 0.717) is 12.2 Å². The van der Waals surface area contributed by atoms with Gasteiger partial charge in [-0.1, -0.05) is 0 Å². The highest BCUT2D eigenvalue weighted by Crippen LogP contribution is 2.00. The Balaban J connectivity index is 2.03. The Morgan fingerprint density at radius 3 is 3.13 bits per heavy atom. The van der Waals surface area contributed by atoms with Crippen molar-refractivity contribution in [3.8, 4) is 0 Å². The Kier molecular flexibility index (Phi) is 5.79. The molecule has 0 aromatic carbocycles. The molecular weight excluding hydrogens is 216 g/mol. The highest BCUT2D eigenvalue weighted by atomic mass is 32.2. The van der Waals surface area contributed by atoms with Gasteiger partial charge in [0.2, 0.25) is 0 Å². The number of aliphatic hydroxyl groups is 1. The molecular formula is C8H14N4O2S. The van der Waals surface area contributed by atoms with Gasteiger partial charge in [-0.05, 0) is 12.2 Å². The largest absolute Gasteiger partial charge is 0.396 e. The van der Waals surface area contributed by atoms with Crippen LogP contribution in [-0.2, 0) is 0 Å². The molecule has 0 spiro atoms. The third-order valence-corrected chi connectivity index (χ3v) is 2.70. The molecule has 0 radical (unpaired) electrons. The van der Waals surface area contributed by atoms with Crippen LogP contribution in [0.25, 0.3) is 0 Å². The number of carbonyl (C=O) groups excluding carboxylic acids is 1. The van der Waals surface area contributed by atoms with Crippen molar-refractivity contribution >= 4 is 17.7 Å². The average molecular weight is 230 g/mol. The SMILES string of the molecule is O=C(NCCSCCCO)c1cn[nH]n1. The summed E-state index contributed by atoms with van der Waals surface area (Å²) >= 11 is 1.70. The van der Waals surface area contributed by atoms with Gasteiger partial charge in [0.15, 0.2) is 5.69 Å². The second kappa shape index (κ2) is 7.24. The minimum absolute atomic E-state index is 0.216. The van der Waals surface area contributed by atoms with Crippen LogP contribution in [0.3, 0.4) is 0 Å². The summed E-state index contributed by atoms with van der Waals surface area (Å²) in [4.78, 5) is 11.3. The van der Waals surface area contributed by atoms with Gasteiger partial charge in [-0.3, -0.25) is 4.79 Å². The van der Waals surface area contributed by atoms with Crippen LogP contribution >= 0.6 is 11.8 Å². The summed E-state index contributed by atoms with van der Waals surface area (Å²) in [5.74, 6) is 1.53. The number of hydrogen-bond donors (Lipinski definition) is 3. The highest BCUT2D eigenvalue weighted by Gasteiger charge is 2.06. The molecule has 0 atom stereocenters. The number of thioether (sulfide) groups is 1. The Morgan fingerprint density at radius 2 is 2.47 bits per heavy atom. The molecule has 15 heavy (non-hydrogen) atoms. The summed E-state index contributed by atoms with van der Waals surface area (Å²) in [5, 5.41) is 20.8. The fourth-order valence-corrected chi connectivity index (χ4v) is 1.69. The first-order chi connectivity index (χ1) is 7.34. The first kappa shape index (κ1) is 12.0. The van der Waals surface area contributed by atoms with E-state index in [9.17, 15) is 4.79 Å². The van der Waals surface area contributed by atoms with Gasteiger partial charge in [-0.15, -0.1) is 0 Å². The normalized spacial score (nSPS) is 10.2. The average Bonchev–Trinajstić information content (AvgIpc) is 2.76. The van der Waals surface area contributed by atoms with Crippen molar-refractivity contribution in [2.24, 2.45) is 0 Å². The molecule has 3 N–H and O–H groups in total. The maximum atomic E-state index is 11.3. The highest BCUT2D eigenvalue weighted by molar-refractivity contribution is 7.99. The smallest absolute Gasteiger partial charge is 0.273 e. The van der Waals surface area contributed by atoms with E-state index in [4.69, 9.17) is 5.11 Å². The van der Waals surface area contributed by atoms with Crippen LogP contribution in [0, 0.1) is 0 Å². The maximum absolute atomic E-state index is 11.3. The van der Waals surface area contributed by atoms with Crippen molar-refractivity contribution in [2.75, 3.05) is 24.7 Å². The van der Waals surface area contributed by atoms with Crippen LogP contribution in [0.4, 0.5) is 0 Å². The van der Waals surface area contributed by atoms with Crippen molar-refractivity contribution in [3.05, 3.63) is 11.9 Å². The second-order valence-corrected chi connectivity index (χ2v) is 4.03. The number of carbonyl (C=O) groups is 1. The fraction of sp³-hybridized carbons (Fsp3) is 0.625. The third kappa shape index (κ3) is 4.80. The van der Waals surface area contributed by atoms with E-state index in [-0.39, 0.29) is 12.5 Å². The minimum atomic E-state index is -0.216. The number of aromatic amines is 1. The first-order valence-electron chi connectivity index (χ1n) is 4.67. The summed E-state index contributed by atoms with van der Waals surface area (Å²) < 4.78 is 0. The van der Waals surface area contributed by atoms with Gasteiger partial charge in [0, 0.05) is 18.9 Å². The molecule has 0 bridgehead atoms. The van der Waals surface area contributed by atoms with E-state index in [2.05, 4.69) is 20.7 Å². The maximum Gasteiger partial charge on any atom is 0.273 e. The molecule has 0 aliphatic carbocycles. The molecule has 1 amide bonds. The molecule has 1 heterocycles. The topological polar surface area (TPSA) is 90.9 Å². The lowest BCUT2D eigenvalue weighted by Crippen LogP contribution is -2.26. The molecule has 1 aromatic heterocycles. The van der Waals surface area contributed by atoms with Crippen molar-refractivity contribution < 1.29 is 9.90 Å². The molecule has 6 nitrogen and oxygen atoms in total. The first-order valence-corrected chi connectivity index (χ1v) is 5.82. The Hall–Kier alpha value is -1.08. The van der Waals surface area contributed by atoms with Crippen LogP contribution in [-0.4, -0.2) is 51.1 Å².